The molecule has 0 bridgehead atoms. The average Bonchev–Trinajstić information content (AvgIpc) is 2.73. The highest BCUT2D eigenvalue weighted by molar-refractivity contribution is 5.33. The van der Waals surface area contributed by atoms with Crippen LogP contribution in [-0.2, 0) is 18.2 Å². The minimum atomic E-state index is -4.33. The molecule has 4 nitrogen and oxygen atoms in total. The maximum absolute atomic E-state index is 13.0. The molecule has 31 heavy (non-hydrogen) atoms. The molecule has 1 saturated heterocycles. The van der Waals surface area contributed by atoms with Crippen molar-refractivity contribution in [3.63, 3.8) is 0 Å². The summed E-state index contributed by atoms with van der Waals surface area (Å²) in [6.07, 6.45) is -3.23. The highest BCUT2D eigenvalue weighted by Gasteiger charge is 2.43. The molecule has 0 amide bonds. The zero-order valence-electron chi connectivity index (χ0n) is 18.3. The summed E-state index contributed by atoms with van der Waals surface area (Å²) < 4.78 is 44.3. The monoisotopic (exact) mass is 436 g/mol. The van der Waals surface area contributed by atoms with E-state index in [1.165, 1.54) is 12.1 Å². The van der Waals surface area contributed by atoms with Gasteiger partial charge in [0.15, 0.2) is 0 Å². The summed E-state index contributed by atoms with van der Waals surface area (Å²) in [5, 5.41) is 11.7. The fourth-order valence-electron chi connectivity index (χ4n) is 4.40. The van der Waals surface area contributed by atoms with Crippen molar-refractivity contribution in [1.82, 2.24) is 9.80 Å². The van der Waals surface area contributed by atoms with Crippen molar-refractivity contribution in [1.29, 1.82) is 0 Å². The first-order valence-electron chi connectivity index (χ1n) is 10.5. The van der Waals surface area contributed by atoms with Crippen molar-refractivity contribution < 1.29 is 23.0 Å². The summed E-state index contributed by atoms with van der Waals surface area (Å²) in [5.74, 6) is 0.673. The minimum Gasteiger partial charge on any atom is -0.497 e. The summed E-state index contributed by atoms with van der Waals surface area (Å²) >= 11 is 0. The predicted molar refractivity (Wildman–Crippen MR) is 115 cm³/mol. The number of piperidine rings is 1. The molecule has 0 aromatic heterocycles. The summed E-state index contributed by atoms with van der Waals surface area (Å²) in [6, 6.07) is 13.1. The first-order chi connectivity index (χ1) is 14.6. The lowest BCUT2D eigenvalue weighted by Gasteiger charge is -2.46. The average molecular weight is 437 g/mol. The molecule has 1 aliphatic rings. The van der Waals surface area contributed by atoms with Crippen LogP contribution in [0.4, 0.5) is 13.2 Å². The molecule has 0 spiro atoms. The van der Waals surface area contributed by atoms with Gasteiger partial charge in [0.05, 0.1) is 18.3 Å². The van der Waals surface area contributed by atoms with E-state index in [1.54, 1.807) is 13.2 Å². The van der Waals surface area contributed by atoms with Gasteiger partial charge in [-0.2, -0.15) is 13.2 Å². The quantitative estimate of drug-likeness (QED) is 0.711. The van der Waals surface area contributed by atoms with Crippen molar-refractivity contribution >= 4 is 0 Å². The Morgan fingerprint density at radius 2 is 1.90 bits per heavy atom. The van der Waals surface area contributed by atoms with Crippen molar-refractivity contribution in [2.24, 2.45) is 5.92 Å². The van der Waals surface area contributed by atoms with Crippen LogP contribution in [0, 0.1) is 5.92 Å². The molecule has 1 fully saturated rings. The molecule has 1 aliphatic heterocycles. The Morgan fingerprint density at radius 3 is 2.58 bits per heavy atom. The molecule has 2 unspecified atom stereocenters. The van der Waals surface area contributed by atoms with Crippen LogP contribution in [-0.4, -0.2) is 62.3 Å². The second-order valence-electron chi connectivity index (χ2n) is 8.61. The lowest BCUT2D eigenvalue weighted by atomic mass is 9.75. The molecule has 2 aromatic carbocycles. The van der Waals surface area contributed by atoms with Gasteiger partial charge in [0, 0.05) is 32.1 Å². The molecule has 0 aliphatic carbocycles. The predicted octanol–water partition coefficient (Wildman–Crippen LogP) is 4.03. The Morgan fingerprint density at radius 1 is 1.16 bits per heavy atom. The molecule has 1 heterocycles. The van der Waals surface area contributed by atoms with E-state index in [9.17, 15) is 18.3 Å². The first kappa shape index (κ1) is 23.6. The van der Waals surface area contributed by atoms with E-state index < -0.39 is 17.3 Å². The lowest BCUT2D eigenvalue weighted by molar-refractivity contribution is -0.137. The van der Waals surface area contributed by atoms with Crippen LogP contribution in [0.25, 0.3) is 0 Å². The van der Waals surface area contributed by atoms with Gasteiger partial charge >= 0.3 is 6.18 Å². The SMILES string of the molecule is COc1cccc(C2(O)CCN(CCc3cccc(C(F)(F)F)c3)CC2CN(C)C)c1. The van der Waals surface area contributed by atoms with Gasteiger partial charge in [-0.15, -0.1) is 0 Å². The van der Waals surface area contributed by atoms with Crippen molar-refractivity contribution in [3.8, 4) is 5.75 Å². The van der Waals surface area contributed by atoms with E-state index in [4.69, 9.17) is 4.74 Å². The van der Waals surface area contributed by atoms with Gasteiger partial charge in [0.25, 0.3) is 0 Å². The van der Waals surface area contributed by atoms with Crippen LogP contribution in [0.3, 0.4) is 0 Å². The highest BCUT2D eigenvalue weighted by atomic mass is 19.4. The number of halogens is 3. The number of rotatable bonds is 7. The number of hydrogen-bond acceptors (Lipinski definition) is 4. The maximum atomic E-state index is 13.0. The standard InChI is InChI=1S/C24H31F3N2O2/c1-28(2)16-21-17-29(12-10-18-6-4-8-20(14-18)24(25,26)27)13-11-23(21,30)19-7-5-9-22(15-19)31-3/h4-9,14-15,21,30H,10-13,16-17H2,1-3H3. The van der Waals surface area contributed by atoms with Gasteiger partial charge < -0.3 is 19.6 Å². The molecule has 2 aromatic rings. The summed E-state index contributed by atoms with van der Waals surface area (Å²) in [7, 11) is 5.57. The number of benzene rings is 2. The second kappa shape index (κ2) is 9.59. The number of likely N-dealkylation sites (tertiary alicyclic amines) is 1. The molecule has 0 saturated carbocycles. The Kier molecular flexibility index (Phi) is 7.29. The Labute approximate surface area is 182 Å². The van der Waals surface area contributed by atoms with Gasteiger partial charge in [-0.05, 0) is 56.3 Å². The number of nitrogens with zero attached hydrogens (tertiary/aromatic N) is 2. The number of aliphatic hydroxyl groups is 1. The van der Waals surface area contributed by atoms with Gasteiger partial charge in [-0.25, -0.2) is 0 Å². The van der Waals surface area contributed by atoms with Crippen LogP contribution in [0.1, 0.15) is 23.1 Å². The summed E-state index contributed by atoms with van der Waals surface area (Å²) in [6.45, 7) is 2.70. The highest BCUT2D eigenvalue weighted by Crippen LogP contribution is 2.39. The Bertz CT molecular complexity index is 872. The van der Waals surface area contributed by atoms with Gasteiger partial charge in [0.1, 0.15) is 5.75 Å². The largest absolute Gasteiger partial charge is 0.497 e. The first-order valence-corrected chi connectivity index (χ1v) is 10.5. The Balaban J connectivity index is 1.72. The van der Waals surface area contributed by atoms with Gasteiger partial charge in [-0.1, -0.05) is 30.3 Å². The van der Waals surface area contributed by atoms with E-state index in [0.29, 0.717) is 50.3 Å². The molecule has 1 N–H and O–H groups in total. The fourth-order valence-corrected chi connectivity index (χ4v) is 4.40. The third kappa shape index (κ3) is 5.79. The summed E-state index contributed by atoms with van der Waals surface area (Å²) in [5.41, 5.74) is -0.0729. The number of methoxy groups -OCH3 is 1. The topological polar surface area (TPSA) is 35.9 Å². The molecule has 2 atom stereocenters. The van der Waals surface area contributed by atoms with E-state index in [2.05, 4.69) is 9.80 Å². The minimum absolute atomic E-state index is 0.0372. The maximum Gasteiger partial charge on any atom is 0.416 e. The summed E-state index contributed by atoms with van der Waals surface area (Å²) in [4.78, 5) is 4.30. The van der Waals surface area contributed by atoms with Crippen LogP contribution >= 0.6 is 0 Å². The van der Waals surface area contributed by atoms with Gasteiger partial charge in [-0.3, -0.25) is 0 Å². The fraction of sp³-hybridized carbons (Fsp3) is 0.500. The van der Waals surface area contributed by atoms with Crippen LogP contribution in [0.2, 0.25) is 0 Å². The normalized spacial score (nSPS) is 22.6. The molecule has 3 rings (SSSR count). The smallest absolute Gasteiger partial charge is 0.416 e. The van der Waals surface area contributed by atoms with Crippen LogP contribution < -0.4 is 4.74 Å². The van der Waals surface area contributed by atoms with E-state index >= 15 is 0 Å². The molecule has 170 valence electrons. The third-order valence-electron chi connectivity index (χ3n) is 6.09. The van der Waals surface area contributed by atoms with Crippen molar-refractivity contribution in [2.75, 3.05) is 47.4 Å². The lowest BCUT2D eigenvalue weighted by Crippen LogP contribution is -2.53. The molecular formula is C24H31F3N2O2. The van der Waals surface area contributed by atoms with Crippen molar-refractivity contribution in [2.45, 2.75) is 24.6 Å². The van der Waals surface area contributed by atoms with Gasteiger partial charge in [0.2, 0.25) is 0 Å². The van der Waals surface area contributed by atoms with E-state index in [-0.39, 0.29) is 5.92 Å². The van der Waals surface area contributed by atoms with Crippen molar-refractivity contribution in [3.05, 3.63) is 65.2 Å². The zero-order chi connectivity index (χ0) is 22.6. The van der Waals surface area contributed by atoms with Crippen LogP contribution in [0.15, 0.2) is 48.5 Å². The Hall–Kier alpha value is -2.09. The number of ether oxygens (including phenoxy) is 1. The number of hydrogen-bond donors (Lipinski definition) is 1. The second-order valence-corrected chi connectivity index (χ2v) is 8.61. The van der Waals surface area contributed by atoms with Crippen LogP contribution in [0.5, 0.6) is 5.75 Å². The molecular weight excluding hydrogens is 405 g/mol. The number of alkyl halides is 3. The van der Waals surface area contributed by atoms with E-state index in [1.807, 2.05) is 38.4 Å². The molecule has 0 radical (unpaired) electrons. The zero-order valence-corrected chi connectivity index (χ0v) is 18.3. The molecule has 7 heteroatoms. The third-order valence-corrected chi connectivity index (χ3v) is 6.09. The van der Waals surface area contributed by atoms with E-state index in [0.717, 1.165) is 11.6 Å².